The zero-order chi connectivity index (χ0) is 17.3. The smallest absolute Gasteiger partial charge is 0.253 e. The van der Waals surface area contributed by atoms with E-state index in [1.165, 1.54) is 0 Å². The minimum absolute atomic E-state index is 0.165. The summed E-state index contributed by atoms with van der Waals surface area (Å²) in [6.07, 6.45) is 1.66. The first-order valence-electron chi connectivity index (χ1n) is 7.66. The van der Waals surface area contributed by atoms with Crippen molar-refractivity contribution in [1.29, 1.82) is 0 Å². The zero-order valence-corrected chi connectivity index (χ0v) is 14.1. The number of carbonyl (C=O) groups is 1. The molecule has 0 aliphatic rings. The van der Waals surface area contributed by atoms with Gasteiger partial charge >= 0.3 is 0 Å². The van der Waals surface area contributed by atoms with Gasteiger partial charge in [-0.25, -0.2) is 0 Å². The maximum Gasteiger partial charge on any atom is 0.253 e. The highest BCUT2D eigenvalue weighted by molar-refractivity contribution is 5.95. The summed E-state index contributed by atoms with van der Waals surface area (Å²) in [5, 5.41) is 6.81. The number of aryl methyl sites for hydroxylation is 1. The number of nitrogens with one attached hydrogen (secondary N) is 1. The molecular weight excluding hydrogens is 306 g/mol. The maximum atomic E-state index is 12.5. The number of carbonyl (C=O) groups excluding carboxylic acids is 1. The quantitative estimate of drug-likeness (QED) is 0.797. The van der Waals surface area contributed by atoms with Gasteiger partial charge in [-0.1, -0.05) is 11.2 Å². The first-order chi connectivity index (χ1) is 11.5. The van der Waals surface area contributed by atoms with Crippen LogP contribution in [0.5, 0.6) is 0 Å². The number of pyridine rings is 1. The fourth-order valence-electron chi connectivity index (χ4n) is 2.43. The molecular formula is C17H19N5O2. The van der Waals surface area contributed by atoms with Crippen LogP contribution in [0.2, 0.25) is 0 Å². The molecule has 3 heterocycles. The predicted octanol–water partition coefficient (Wildman–Crippen LogP) is 2.58. The summed E-state index contributed by atoms with van der Waals surface area (Å²) in [7, 11) is 1.93. The van der Waals surface area contributed by atoms with Crippen molar-refractivity contribution in [3.8, 4) is 11.5 Å². The summed E-state index contributed by atoms with van der Waals surface area (Å²) in [5.74, 6) is 0.578. The summed E-state index contributed by atoms with van der Waals surface area (Å²) in [5.41, 5.74) is 3.21. The molecule has 1 atom stereocenters. The Morgan fingerprint density at radius 3 is 2.75 bits per heavy atom. The van der Waals surface area contributed by atoms with E-state index in [-0.39, 0.29) is 5.91 Å². The first-order valence-corrected chi connectivity index (χ1v) is 7.66. The zero-order valence-electron chi connectivity index (χ0n) is 14.1. The Balaban J connectivity index is 1.75. The Bertz CT molecular complexity index is 866. The van der Waals surface area contributed by atoms with E-state index < -0.39 is 6.04 Å². The molecule has 0 aromatic carbocycles. The third kappa shape index (κ3) is 2.92. The van der Waals surface area contributed by atoms with Gasteiger partial charge in [-0.15, -0.1) is 0 Å². The molecule has 0 radical (unpaired) electrons. The lowest BCUT2D eigenvalue weighted by atomic mass is 10.2. The monoisotopic (exact) mass is 325 g/mol. The van der Waals surface area contributed by atoms with Gasteiger partial charge in [0.15, 0.2) is 0 Å². The van der Waals surface area contributed by atoms with E-state index in [4.69, 9.17) is 4.52 Å². The number of amides is 1. The lowest BCUT2D eigenvalue weighted by molar-refractivity contribution is 0.0932. The number of aromatic nitrogens is 4. The molecule has 3 rings (SSSR count). The van der Waals surface area contributed by atoms with Gasteiger partial charge in [0, 0.05) is 24.6 Å². The molecule has 3 aromatic heterocycles. The van der Waals surface area contributed by atoms with Gasteiger partial charge in [0.25, 0.3) is 5.91 Å². The van der Waals surface area contributed by atoms with Gasteiger partial charge in [-0.2, -0.15) is 4.98 Å². The molecule has 7 nitrogen and oxygen atoms in total. The van der Waals surface area contributed by atoms with E-state index >= 15 is 0 Å². The van der Waals surface area contributed by atoms with E-state index in [2.05, 4.69) is 20.4 Å². The average molecular weight is 325 g/mol. The van der Waals surface area contributed by atoms with Crippen LogP contribution in [0.4, 0.5) is 0 Å². The van der Waals surface area contributed by atoms with Crippen molar-refractivity contribution in [1.82, 2.24) is 25.0 Å². The van der Waals surface area contributed by atoms with Crippen molar-refractivity contribution in [2.45, 2.75) is 26.8 Å². The van der Waals surface area contributed by atoms with Crippen molar-refractivity contribution in [3.63, 3.8) is 0 Å². The van der Waals surface area contributed by atoms with Crippen molar-refractivity contribution < 1.29 is 9.32 Å². The van der Waals surface area contributed by atoms with Crippen LogP contribution in [0.15, 0.2) is 35.0 Å². The molecule has 7 heteroatoms. The third-order valence-corrected chi connectivity index (χ3v) is 4.07. The predicted molar refractivity (Wildman–Crippen MR) is 88.3 cm³/mol. The Labute approximate surface area is 139 Å². The van der Waals surface area contributed by atoms with Crippen molar-refractivity contribution in [2.24, 2.45) is 7.05 Å². The van der Waals surface area contributed by atoms with Crippen LogP contribution >= 0.6 is 0 Å². The van der Waals surface area contributed by atoms with Gasteiger partial charge in [0.1, 0.15) is 11.7 Å². The molecule has 0 unspecified atom stereocenters. The highest BCUT2D eigenvalue weighted by atomic mass is 16.5. The fraction of sp³-hybridized carbons (Fsp3) is 0.294. The molecule has 0 saturated carbocycles. The second-order valence-corrected chi connectivity index (χ2v) is 5.71. The third-order valence-electron chi connectivity index (χ3n) is 4.07. The lowest BCUT2D eigenvalue weighted by Crippen LogP contribution is -2.27. The minimum Gasteiger partial charge on any atom is -0.351 e. The molecule has 0 spiro atoms. The van der Waals surface area contributed by atoms with Crippen LogP contribution in [0.3, 0.4) is 0 Å². The molecule has 3 aromatic rings. The SMILES string of the molecule is Cc1cc(C(=O)N[C@@H](C)c2nc(-c3ccccn3)no2)c(C)n1C. The molecule has 0 bridgehead atoms. The Morgan fingerprint density at radius 2 is 2.12 bits per heavy atom. The molecule has 24 heavy (non-hydrogen) atoms. The van der Waals surface area contributed by atoms with Crippen LogP contribution in [-0.2, 0) is 7.05 Å². The van der Waals surface area contributed by atoms with Crippen LogP contribution in [0.25, 0.3) is 11.5 Å². The van der Waals surface area contributed by atoms with Crippen LogP contribution in [0.1, 0.15) is 40.6 Å². The van der Waals surface area contributed by atoms with Gasteiger partial charge in [0.05, 0.1) is 5.56 Å². The van der Waals surface area contributed by atoms with Crippen molar-refractivity contribution in [2.75, 3.05) is 0 Å². The summed E-state index contributed by atoms with van der Waals surface area (Å²) in [6.45, 7) is 5.68. The summed E-state index contributed by atoms with van der Waals surface area (Å²) >= 11 is 0. The summed E-state index contributed by atoms with van der Waals surface area (Å²) < 4.78 is 7.23. The van der Waals surface area contributed by atoms with Crippen LogP contribution in [-0.4, -0.2) is 25.6 Å². The molecule has 0 saturated heterocycles. The van der Waals surface area contributed by atoms with E-state index in [1.807, 2.05) is 43.7 Å². The maximum absolute atomic E-state index is 12.5. The molecule has 124 valence electrons. The number of hydrogen-bond donors (Lipinski definition) is 1. The minimum atomic E-state index is -0.401. The number of hydrogen-bond acceptors (Lipinski definition) is 5. The molecule has 0 fully saturated rings. The van der Waals surface area contributed by atoms with E-state index in [0.29, 0.717) is 23.0 Å². The lowest BCUT2D eigenvalue weighted by Gasteiger charge is -2.09. The van der Waals surface area contributed by atoms with Crippen LogP contribution < -0.4 is 5.32 Å². The Hall–Kier alpha value is -2.96. The van der Waals surface area contributed by atoms with Crippen molar-refractivity contribution in [3.05, 3.63) is 53.3 Å². The second-order valence-electron chi connectivity index (χ2n) is 5.71. The van der Waals surface area contributed by atoms with E-state index in [9.17, 15) is 4.79 Å². The highest BCUT2D eigenvalue weighted by Crippen LogP contribution is 2.18. The molecule has 1 amide bonds. The van der Waals surface area contributed by atoms with Gasteiger partial charge in [-0.3, -0.25) is 9.78 Å². The summed E-state index contributed by atoms with van der Waals surface area (Å²) in [6, 6.07) is 6.93. The fourth-order valence-corrected chi connectivity index (χ4v) is 2.43. The standard InChI is InChI=1S/C17H19N5O2/c1-10-9-13(12(3)22(10)4)16(23)19-11(2)17-20-15(21-24-17)14-7-5-6-8-18-14/h5-9,11H,1-4H3,(H,19,23)/t11-/m0/s1. The van der Waals surface area contributed by atoms with Gasteiger partial charge < -0.3 is 14.4 Å². The molecule has 0 aliphatic carbocycles. The Kier molecular flexibility index (Phi) is 4.16. The van der Waals surface area contributed by atoms with Gasteiger partial charge in [-0.05, 0) is 39.0 Å². The van der Waals surface area contributed by atoms with Gasteiger partial charge in [0.2, 0.25) is 11.7 Å². The van der Waals surface area contributed by atoms with Crippen LogP contribution in [0, 0.1) is 13.8 Å². The average Bonchev–Trinajstić information content (AvgIpc) is 3.17. The number of nitrogens with zero attached hydrogens (tertiary/aromatic N) is 4. The topological polar surface area (TPSA) is 85.8 Å². The largest absolute Gasteiger partial charge is 0.351 e. The number of rotatable bonds is 4. The second kappa shape index (κ2) is 6.27. The normalized spacial score (nSPS) is 12.2. The van der Waals surface area contributed by atoms with E-state index in [0.717, 1.165) is 11.4 Å². The van der Waals surface area contributed by atoms with Crippen molar-refractivity contribution >= 4 is 5.91 Å². The molecule has 1 N–H and O–H groups in total. The highest BCUT2D eigenvalue weighted by Gasteiger charge is 2.20. The molecule has 0 aliphatic heterocycles. The summed E-state index contributed by atoms with van der Waals surface area (Å²) in [4.78, 5) is 21.0. The van der Waals surface area contributed by atoms with E-state index in [1.54, 1.807) is 19.2 Å². The Morgan fingerprint density at radius 1 is 1.33 bits per heavy atom. The first kappa shape index (κ1) is 15.9.